The lowest BCUT2D eigenvalue weighted by atomic mass is 9.41. The molecule has 0 amide bonds. The van der Waals surface area contributed by atoms with Crippen molar-refractivity contribution in [1.29, 1.82) is 0 Å². The van der Waals surface area contributed by atoms with E-state index in [2.05, 4.69) is 27.7 Å². The van der Waals surface area contributed by atoms with Crippen LogP contribution in [-0.4, -0.2) is 41.3 Å². The molecule has 0 saturated heterocycles. The number of hydrogen-bond acceptors (Lipinski definition) is 5. The zero-order chi connectivity index (χ0) is 23.4. The van der Waals surface area contributed by atoms with Crippen molar-refractivity contribution >= 4 is 11.8 Å². The molecule has 5 heteroatoms. The van der Waals surface area contributed by atoms with Crippen LogP contribution in [-0.2, 0) is 14.3 Å². The Morgan fingerprint density at radius 1 is 1.12 bits per heavy atom. The lowest BCUT2D eigenvalue weighted by Gasteiger charge is -2.63. The van der Waals surface area contributed by atoms with E-state index in [1.807, 2.05) is 0 Å². The van der Waals surface area contributed by atoms with Crippen molar-refractivity contribution < 1.29 is 24.5 Å². The number of carbonyl (C=O) groups is 2. The van der Waals surface area contributed by atoms with E-state index >= 15 is 0 Å². The molecule has 182 valence electrons. The number of Topliss-reactive ketones (excluding diaryl/α,β-unsaturated/α-hetero) is 1. The zero-order valence-electron chi connectivity index (χ0n) is 20.7. The molecule has 0 aromatic carbocycles. The van der Waals surface area contributed by atoms with Gasteiger partial charge in [0.1, 0.15) is 5.78 Å². The van der Waals surface area contributed by atoms with Gasteiger partial charge in [-0.3, -0.25) is 9.59 Å². The van der Waals surface area contributed by atoms with E-state index in [1.165, 1.54) is 7.11 Å². The molecule has 11 atom stereocenters. The normalized spacial score (nSPS) is 49.0. The third-order valence-electron chi connectivity index (χ3n) is 11.0. The summed E-state index contributed by atoms with van der Waals surface area (Å²) in [5.74, 6) is 1.60. The minimum atomic E-state index is -0.419. The Morgan fingerprint density at radius 2 is 1.84 bits per heavy atom. The monoisotopic (exact) mass is 448 g/mol. The second-order valence-corrected chi connectivity index (χ2v) is 12.1. The molecule has 0 aliphatic heterocycles. The summed E-state index contributed by atoms with van der Waals surface area (Å²) in [6, 6.07) is 0. The Kier molecular flexibility index (Phi) is 6.57. The SMILES string of the molecule is CC[C@H]1C(=O)C2C3CC[C@H]([C@H](C)CCC(=O)OC)[C@@]3(C)[C@@H](O)CC2[C@@]2(C)CC[C@@H](O)C[C@@H]12. The van der Waals surface area contributed by atoms with Gasteiger partial charge in [0.2, 0.25) is 0 Å². The fraction of sp³-hybridized carbons (Fsp3) is 0.926. The van der Waals surface area contributed by atoms with E-state index in [1.54, 1.807) is 0 Å². The Hall–Kier alpha value is -0.940. The summed E-state index contributed by atoms with van der Waals surface area (Å²) in [4.78, 5) is 25.7. The summed E-state index contributed by atoms with van der Waals surface area (Å²) < 4.78 is 4.84. The van der Waals surface area contributed by atoms with E-state index in [9.17, 15) is 19.8 Å². The summed E-state index contributed by atoms with van der Waals surface area (Å²) >= 11 is 0. The maximum Gasteiger partial charge on any atom is 0.305 e. The zero-order valence-corrected chi connectivity index (χ0v) is 20.7. The third kappa shape index (κ3) is 3.48. The summed E-state index contributed by atoms with van der Waals surface area (Å²) in [6.07, 6.45) is 6.53. The van der Waals surface area contributed by atoms with Crippen LogP contribution >= 0.6 is 0 Å². The van der Waals surface area contributed by atoms with Gasteiger partial charge in [0.15, 0.2) is 0 Å². The number of methoxy groups -OCH3 is 1. The summed E-state index contributed by atoms with van der Waals surface area (Å²) in [6.45, 7) is 8.93. The molecule has 0 radical (unpaired) electrons. The van der Waals surface area contributed by atoms with Gasteiger partial charge in [-0.1, -0.05) is 27.7 Å². The molecular formula is C27H44O5. The average Bonchev–Trinajstić information content (AvgIpc) is 3.12. The van der Waals surface area contributed by atoms with Crippen LogP contribution < -0.4 is 0 Å². The molecule has 4 saturated carbocycles. The van der Waals surface area contributed by atoms with Crippen molar-refractivity contribution in [3.05, 3.63) is 0 Å². The topological polar surface area (TPSA) is 83.8 Å². The minimum absolute atomic E-state index is 0.0232. The average molecular weight is 449 g/mol. The van der Waals surface area contributed by atoms with E-state index in [4.69, 9.17) is 4.74 Å². The van der Waals surface area contributed by atoms with Gasteiger partial charge in [-0.05, 0) is 86.4 Å². The van der Waals surface area contributed by atoms with Crippen LogP contribution in [0.2, 0.25) is 0 Å². The predicted octanol–water partition coefficient (Wildman–Crippen LogP) is 4.38. The molecule has 2 N–H and O–H groups in total. The molecule has 3 unspecified atom stereocenters. The second-order valence-electron chi connectivity index (χ2n) is 12.1. The van der Waals surface area contributed by atoms with Crippen LogP contribution in [0.15, 0.2) is 0 Å². The van der Waals surface area contributed by atoms with Gasteiger partial charge in [-0.25, -0.2) is 0 Å². The number of aliphatic hydroxyl groups excluding tert-OH is 2. The van der Waals surface area contributed by atoms with E-state index in [-0.39, 0.29) is 52.5 Å². The molecule has 4 fully saturated rings. The lowest BCUT2D eigenvalue weighted by molar-refractivity contribution is -0.192. The maximum atomic E-state index is 14.0. The van der Waals surface area contributed by atoms with Crippen LogP contribution in [0.25, 0.3) is 0 Å². The highest BCUT2D eigenvalue weighted by Gasteiger charge is 2.67. The van der Waals surface area contributed by atoms with Gasteiger partial charge in [0.25, 0.3) is 0 Å². The number of fused-ring (bicyclic) bond motifs is 5. The quantitative estimate of drug-likeness (QED) is 0.610. The van der Waals surface area contributed by atoms with E-state index < -0.39 is 6.10 Å². The predicted molar refractivity (Wildman–Crippen MR) is 123 cm³/mol. The first-order chi connectivity index (χ1) is 15.1. The lowest BCUT2D eigenvalue weighted by Crippen LogP contribution is -2.63. The number of hydrogen-bond donors (Lipinski definition) is 2. The fourth-order valence-electron chi connectivity index (χ4n) is 9.22. The Labute approximate surface area is 193 Å². The molecule has 0 aromatic heterocycles. The molecular weight excluding hydrogens is 404 g/mol. The van der Waals surface area contributed by atoms with Gasteiger partial charge in [-0.15, -0.1) is 0 Å². The molecule has 4 aliphatic rings. The standard InChI is InChI=1S/C27H44O5/c1-6-17-20-13-16(28)11-12-26(20,3)21-14-22(29)27(4)18(15(2)7-10-23(30)32-5)8-9-19(27)24(21)25(17)31/h15-22,24,28-29H,6-14H2,1-5H3/t15-,16-,17-,18-,19?,20+,21?,22+,24?,26+,27-/m1/s1. The third-order valence-corrected chi connectivity index (χ3v) is 11.0. The van der Waals surface area contributed by atoms with Crippen molar-refractivity contribution in [2.45, 2.75) is 97.7 Å². The van der Waals surface area contributed by atoms with Crippen LogP contribution in [0.5, 0.6) is 0 Å². The number of ketones is 1. The smallest absolute Gasteiger partial charge is 0.305 e. The highest BCUT2D eigenvalue weighted by Crippen LogP contribution is 2.68. The first kappa shape index (κ1) is 24.2. The Bertz CT molecular complexity index is 736. The number of carbonyl (C=O) groups excluding carboxylic acids is 2. The van der Waals surface area contributed by atoms with Gasteiger partial charge in [0, 0.05) is 23.7 Å². The van der Waals surface area contributed by atoms with Crippen LogP contribution in [0, 0.1) is 52.3 Å². The van der Waals surface area contributed by atoms with Crippen molar-refractivity contribution in [3.8, 4) is 0 Å². The van der Waals surface area contributed by atoms with Gasteiger partial charge >= 0.3 is 5.97 Å². The van der Waals surface area contributed by atoms with E-state index in [0.717, 1.165) is 44.9 Å². The van der Waals surface area contributed by atoms with Gasteiger partial charge in [0.05, 0.1) is 19.3 Å². The second kappa shape index (κ2) is 8.69. The number of aliphatic hydroxyl groups is 2. The highest BCUT2D eigenvalue weighted by atomic mass is 16.5. The minimum Gasteiger partial charge on any atom is -0.469 e. The highest BCUT2D eigenvalue weighted by molar-refractivity contribution is 5.86. The molecule has 0 spiro atoms. The molecule has 5 nitrogen and oxygen atoms in total. The number of esters is 1. The van der Waals surface area contributed by atoms with Crippen molar-refractivity contribution in [2.75, 3.05) is 7.11 Å². The summed E-state index contributed by atoms with van der Waals surface area (Å²) in [5, 5.41) is 22.0. The molecule has 4 aliphatic carbocycles. The van der Waals surface area contributed by atoms with Crippen molar-refractivity contribution in [2.24, 2.45) is 52.3 Å². The molecule has 0 heterocycles. The fourth-order valence-corrected chi connectivity index (χ4v) is 9.22. The summed E-state index contributed by atoms with van der Waals surface area (Å²) in [5.41, 5.74) is -0.253. The Balaban J connectivity index is 1.64. The van der Waals surface area contributed by atoms with Crippen LogP contribution in [0.1, 0.15) is 85.5 Å². The maximum absolute atomic E-state index is 14.0. The number of rotatable bonds is 5. The first-order valence-corrected chi connectivity index (χ1v) is 13.1. The van der Waals surface area contributed by atoms with Crippen LogP contribution in [0.3, 0.4) is 0 Å². The molecule has 32 heavy (non-hydrogen) atoms. The van der Waals surface area contributed by atoms with Gasteiger partial charge in [-0.2, -0.15) is 0 Å². The molecule has 4 rings (SSSR count). The van der Waals surface area contributed by atoms with Crippen LogP contribution in [0.4, 0.5) is 0 Å². The van der Waals surface area contributed by atoms with Crippen molar-refractivity contribution in [1.82, 2.24) is 0 Å². The number of ether oxygens (including phenoxy) is 1. The first-order valence-electron chi connectivity index (χ1n) is 13.1. The van der Waals surface area contributed by atoms with E-state index in [0.29, 0.717) is 30.5 Å². The van der Waals surface area contributed by atoms with Gasteiger partial charge < -0.3 is 14.9 Å². The van der Waals surface area contributed by atoms with Crippen molar-refractivity contribution in [3.63, 3.8) is 0 Å². The summed E-state index contributed by atoms with van der Waals surface area (Å²) in [7, 11) is 1.43. The Morgan fingerprint density at radius 3 is 2.50 bits per heavy atom. The molecule has 0 bridgehead atoms. The molecule has 0 aromatic rings. The largest absolute Gasteiger partial charge is 0.469 e.